The maximum absolute atomic E-state index is 10.5. The Morgan fingerprint density at radius 2 is 2.00 bits per heavy atom. The number of hydrogen-bond donors (Lipinski definition) is 4. The largest absolute Gasteiger partial charge is 0.465 e. The van der Waals surface area contributed by atoms with Gasteiger partial charge < -0.3 is 26.0 Å². The van der Waals surface area contributed by atoms with Crippen molar-refractivity contribution in [3.63, 3.8) is 0 Å². The van der Waals surface area contributed by atoms with E-state index in [2.05, 4.69) is 15.8 Å². The van der Waals surface area contributed by atoms with Crippen molar-refractivity contribution in [3.8, 4) is 0 Å². The summed E-state index contributed by atoms with van der Waals surface area (Å²) in [5.41, 5.74) is 4.03. The van der Waals surface area contributed by atoms with Crippen LogP contribution in [-0.4, -0.2) is 42.2 Å². The molecule has 84 valence electrons. The van der Waals surface area contributed by atoms with Crippen molar-refractivity contribution in [1.82, 2.24) is 5.32 Å². The van der Waals surface area contributed by atoms with Gasteiger partial charge in [-0.1, -0.05) is 0 Å². The summed E-state index contributed by atoms with van der Waals surface area (Å²) in [7, 11) is 0. The average molecular weight is 208 g/mol. The summed E-state index contributed by atoms with van der Waals surface area (Å²) in [6, 6.07) is 0. The van der Waals surface area contributed by atoms with Gasteiger partial charge in [-0.2, -0.15) is 0 Å². The number of aliphatic hydroxyl groups excluding tert-OH is 1. The zero-order chi connectivity index (χ0) is 11.4. The monoisotopic (exact) mass is 208 g/mol. The van der Waals surface area contributed by atoms with Crippen LogP contribution in [0.4, 0.5) is 9.59 Å². The van der Waals surface area contributed by atoms with Crippen LogP contribution in [-0.2, 0) is 4.74 Å². The molecule has 0 aromatic rings. The minimum absolute atomic E-state index is 0.0897. The first kappa shape index (κ1) is 15.0. The number of aliphatic hydroxyl groups is 1. The predicted octanol–water partition coefficient (Wildman–Crippen LogP) is -0.262. The van der Waals surface area contributed by atoms with Crippen LogP contribution in [0.3, 0.4) is 0 Å². The standard InChI is InChI=1S/C6H13NO3.CH3NO2/c1-2-10-6(9)7-4-3-5-8;2-1(3)4/h8H,2-5H2,1H3,(H,7,9);2H2,(H,3,4). The second-order valence-corrected chi connectivity index (χ2v) is 2.06. The van der Waals surface area contributed by atoms with E-state index in [0.717, 1.165) is 0 Å². The average Bonchev–Trinajstić information content (AvgIpc) is 2.04. The third-order valence-corrected chi connectivity index (χ3v) is 0.880. The van der Waals surface area contributed by atoms with Gasteiger partial charge in [0.25, 0.3) is 0 Å². The van der Waals surface area contributed by atoms with Crippen molar-refractivity contribution < 1.29 is 24.5 Å². The van der Waals surface area contributed by atoms with E-state index in [0.29, 0.717) is 19.6 Å². The normalized spacial score (nSPS) is 8.14. The van der Waals surface area contributed by atoms with Gasteiger partial charge in [0.05, 0.1) is 6.61 Å². The predicted molar refractivity (Wildman–Crippen MR) is 48.9 cm³/mol. The van der Waals surface area contributed by atoms with Gasteiger partial charge in [-0.25, -0.2) is 9.59 Å². The Bertz CT molecular complexity index is 158. The summed E-state index contributed by atoms with van der Waals surface area (Å²) >= 11 is 0. The van der Waals surface area contributed by atoms with Crippen LogP contribution in [0, 0.1) is 0 Å². The van der Waals surface area contributed by atoms with E-state index in [4.69, 9.17) is 15.0 Å². The molecule has 0 heterocycles. The van der Waals surface area contributed by atoms with Crippen molar-refractivity contribution in [2.45, 2.75) is 13.3 Å². The third kappa shape index (κ3) is 22.4. The molecule has 7 nitrogen and oxygen atoms in total. The molecule has 0 aliphatic rings. The van der Waals surface area contributed by atoms with Crippen molar-refractivity contribution >= 4 is 12.2 Å². The summed E-state index contributed by atoms with van der Waals surface area (Å²) in [4.78, 5) is 19.3. The fourth-order valence-corrected chi connectivity index (χ4v) is 0.452. The second kappa shape index (κ2) is 11.5. The topological polar surface area (TPSA) is 122 Å². The van der Waals surface area contributed by atoms with Crippen LogP contribution in [0.25, 0.3) is 0 Å². The smallest absolute Gasteiger partial charge is 0.407 e. The van der Waals surface area contributed by atoms with Crippen LogP contribution < -0.4 is 11.1 Å². The molecular formula is C7H16N2O5. The molecule has 0 rings (SSSR count). The second-order valence-electron chi connectivity index (χ2n) is 2.06. The number of carboxylic acid groups (broad SMARTS) is 1. The van der Waals surface area contributed by atoms with E-state index in [1.807, 2.05) is 0 Å². The number of nitrogens with two attached hydrogens (primary N) is 1. The molecule has 0 saturated carbocycles. The molecule has 14 heavy (non-hydrogen) atoms. The first-order valence-electron chi connectivity index (χ1n) is 4.04. The lowest BCUT2D eigenvalue weighted by atomic mass is 10.5. The SMILES string of the molecule is CCOC(=O)NCCCO.NC(=O)O. The highest BCUT2D eigenvalue weighted by Crippen LogP contribution is 1.77. The quantitative estimate of drug-likeness (QED) is 0.474. The number of nitrogens with one attached hydrogen (secondary N) is 1. The number of primary amides is 1. The van der Waals surface area contributed by atoms with Crippen molar-refractivity contribution in [3.05, 3.63) is 0 Å². The van der Waals surface area contributed by atoms with Crippen LogP contribution in [0.15, 0.2) is 0 Å². The minimum atomic E-state index is -1.33. The number of rotatable bonds is 4. The molecule has 0 aromatic carbocycles. The molecule has 0 radical (unpaired) electrons. The zero-order valence-corrected chi connectivity index (χ0v) is 8.02. The fraction of sp³-hybridized carbons (Fsp3) is 0.714. The summed E-state index contributed by atoms with van der Waals surface area (Å²) in [6.45, 7) is 2.68. The van der Waals surface area contributed by atoms with E-state index in [1.165, 1.54) is 0 Å². The fourth-order valence-electron chi connectivity index (χ4n) is 0.452. The number of alkyl carbamates (subject to hydrolysis) is 1. The maximum atomic E-state index is 10.5. The summed E-state index contributed by atoms with van der Waals surface area (Å²) in [6.07, 6.45) is -1.19. The molecule has 0 fully saturated rings. The molecule has 0 unspecified atom stereocenters. The van der Waals surface area contributed by atoms with E-state index < -0.39 is 12.2 Å². The van der Waals surface area contributed by atoms with Crippen LogP contribution in [0.2, 0.25) is 0 Å². The molecule has 0 bridgehead atoms. The molecule has 0 aliphatic heterocycles. The molecule has 2 amide bonds. The van der Waals surface area contributed by atoms with Gasteiger partial charge in [-0.15, -0.1) is 0 Å². The Hall–Kier alpha value is -1.50. The van der Waals surface area contributed by atoms with E-state index >= 15 is 0 Å². The lowest BCUT2D eigenvalue weighted by molar-refractivity contribution is 0.151. The Morgan fingerprint density at radius 1 is 1.50 bits per heavy atom. The van der Waals surface area contributed by atoms with Gasteiger partial charge in [0.2, 0.25) is 0 Å². The molecular weight excluding hydrogens is 192 g/mol. The minimum Gasteiger partial charge on any atom is -0.465 e. The van der Waals surface area contributed by atoms with Crippen LogP contribution in [0.1, 0.15) is 13.3 Å². The first-order valence-corrected chi connectivity index (χ1v) is 4.04. The van der Waals surface area contributed by atoms with E-state index in [9.17, 15) is 4.79 Å². The molecule has 5 N–H and O–H groups in total. The molecule has 7 heteroatoms. The van der Waals surface area contributed by atoms with Crippen molar-refractivity contribution in [2.24, 2.45) is 5.73 Å². The van der Waals surface area contributed by atoms with Gasteiger partial charge in [-0.05, 0) is 13.3 Å². The van der Waals surface area contributed by atoms with E-state index in [1.54, 1.807) is 6.92 Å². The number of ether oxygens (including phenoxy) is 1. The molecule has 0 saturated heterocycles. The molecule has 0 aliphatic carbocycles. The number of carbonyl (C=O) groups is 2. The lowest BCUT2D eigenvalue weighted by Crippen LogP contribution is -2.25. The summed E-state index contributed by atoms with van der Waals surface area (Å²) < 4.78 is 4.56. The first-order chi connectivity index (χ1) is 6.54. The Kier molecular flexibility index (Phi) is 12.3. The molecule has 0 spiro atoms. The summed E-state index contributed by atoms with van der Waals surface area (Å²) in [5.74, 6) is 0. The number of carbonyl (C=O) groups excluding carboxylic acids is 1. The van der Waals surface area contributed by atoms with Crippen LogP contribution >= 0.6 is 0 Å². The van der Waals surface area contributed by atoms with Gasteiger partial charge in [0, 0.05) is 13.2 Å². The van der Waals surface area contributed by atoms with Crippen molar-refractivity contribution in [1.29, 1.82) is 0 Å². The van der Waals surface area contributed by atoms with Gasteiger partial charge in [0.15, 0.2) is 0 Å². The molecule has 0 atom stereocenters. The van der Waals surface area contributed by atoms with E-state index in [-0.39, 0.29) is 6.61 Å². The maximum Gasteiger partial charge on any atom is 0.407 e. The highest BCUT2D eigenvalue weighted by Gasteiger charge is 1.96. The van der Waals surface area contributed by atoms with Crippen LogP contribution in [0.5, 0.6) is 0 Å². The Balaban J connectivity index is 0. The Labute approximate surface area is 81.8 Å². The van der Waals surface area contributed by atoms with Crippen molar-refractivity contribution in [2.75, 3.05) is 19.8 Å². The number of amides is 2. The van der Waals surface area contributed by atoms with Gasteiger partial charge >= 0.3 is 12.2 Å². The highest BCUT2D eigenvalue weighted by atomic mass is 16.5. The molecule has 0 aromatic heterocycles. The van der Waals surface area contributed by atoms with Gasteiger partial charge in [0.1, 0.15) is 0 Å². The zero-order valence-electron chi connectivity index (χ0n) is 8.02. The third-order valence-electron chi connectivity index (χ3n) is 0.880. The van der Waals surface area contributed by atoms with Gasteiger partial charge in [-0.3, -0.25) is 0 Å². The number of hydrogen-bond acceptors (Lipinski definition) is 4. The Morgan fingerprint density at radius 3 is 2.36 bits per heavy atom. The highest BCUT2D eigenvalue weighted by molar-refractivity contribution is 5.66. The summed E-state index contributed by atoms with van der Waals surface area (Å²) in [5, 5.41) is 18.0. The lowest BCUT2D eigenvalue weighted by Gasteiger charge is -2.02.